The van der Waals surface area contributed by atoms with E-state index in [0.717, 1.165) is 29.6 Å². The minimum Gasteiger partial charge on any atom is -0.385 e. The van der Waals surface area contributed by atoms with Gasteiger partial charge in [0.25, 0.3) is 0 Å². The Morgan fingerprint density at radius 3 is 3.00 bits per heavy atom. The van der Waals surface area contributed by atoms with Gasteiger partial charge in [-0.05, 0) is 18.6 Å². The summed E-state index contributed by atoms with van der Waals surface area (Å²) in [5.41, 5.74) is 1.72. The lowest BCUT2D eigenvalue weighted by Crippen LogP contribution is -2.08. The molecule has 0 atom stereocenters. The molecule has 0 saturated heterocycles. The molecule has 2 aromatic heterocycles. The number of methoxy groups -OCH3 is 1. The standard InChI is InChI=1S/C16H18N6O/c1-23-10-4-9-17-14-11-19-22-16(21-14)20-13-7-2-5-12-6-3-8-18-15(12)13/h2-3,5-8,11H,4,9-10H2,1H3,(H2,17,20,21,22). The molecule has 2 heterocycles. The Kier molecular flexibility index (Phi) is 4.90. The fraction of sp³-hybridized carbons (Fsp3) is 0.250. The average Bonchev–Trinajstić information content (AvgIpc) is 2.60. The first kappa shape index (κ1) is 15.1. The highest BCUT2D eigenvalue weighted by Gasteiger charge is 2.05. The average molecular weight is 310 g/mol. The number of rotatable bonds is 7. The van der Waals surface area contributed by atoms with Crippen LogP contribution in [0.2, 0.25) is 0 Å². The minimum absolute atomic E-state index is 0.430. The Hall–Kier alpha value is -2.80. The predicted molar refractivity (Wildman–Crippen MR) is 89.8 cm³/mol. The van der Waals surface area contributed by atoms with Crippen molar-refractivity contribution in [2.45, 2.75) is 6.42 Å². The van der Waals surface area contributed by atoms with Crippen molar-refractivity contribution >= 4 is 28.4 Å². The molecule has 23 heavy (non-hydrogen) atoms. The van der Waals surface area contributed by atoms with E-state index >= 15 is 0 Å². The largest absolute Gasteiger partial charge is 0.385 e. The Bertz CT molecular complexity index is 774. The van der Waals surface area contributed by atoms with E-state index in [4.69, 9.17) is 4.74 Å². The molecule has 0 saturated carbocycles. The number of fused-ring (bicyclic) bond motifs is 1. The quantitative estimate of drug-likeness (QED) is 0.649. The minimum atomic E-state index is 0.430. The second kappa shape index (κ2) is 7.46. The SMILES string of the molecule is COCCCNc1cnnc(Nc2cccc3cccnc23)n1. The van der Waals surface area contributed by atoms with Crippen molar-refractivity contribution in [3.05, 3.63) is 42.7 Å². The number of aromatic nitrogens is 4. The summed E-state index contributed by atoms with van der Waals surface area (Å²) in [4.78, 5) is 8.81. The highest BCUT2D eigenvalue weighted by molar-refractivity contribution is 5.91. The number of hydrogen-bond donors (Lipinski definition) is 2. The van der Waals surface area contributed by atoms with Gasteiger partial charge in [-0.25, -0.2) is 0 Å². The van der Waals surface area contributed by atoms with Crippen molar-refractivity contribution in [1.82, 2.24) is 20.2 Å². The molecule has 2 N–H and O–H groups in total. The van der Waals surface area contributed by atoms with Gasteiger partial charge in [0.1, 0.15) is 0 Å². The van der Waals surface area contributed by atoms with Gasteiger partial charge in [-0.2, -0.15) is 10.1 Å². The Labute approximate surface area is 134 Å². The molecular formula is C16H18N6O. The van der Waals surface area contributed by atoms with Crippen LogP contribution in [0.15, 0.2) is 42.7 Å². The van der Waals surface area contributed by atoms with E-state index in [9.17, 15) is 0 Å². The third-order valence-corrected chi connectivity index (χ3v) is 3.27. The predicted octanol–water partition coefficient (Wildman–Crippen LogP) is 2.61. The number of ether oxygens (including phenoxy) is 1. The molecule has 0 aliphatic rings. The molecule has 0 aliphatic heterocycles. The Balaban J connectivity index is 1.74. The second-order valence-electron chi connectivity index (χ2n) is 4.94. The van der Waals surface area contributed by atoms with E-state index in [1.807, 2.05) is 30.3 Å². The van der Waals surface area contributed by atoms with Gasteiger partial charge in [-0.1, -0.05) is 18.2 Å². The summed E-state index contributed by atoms with van der Waals surface area (Å²) in [6, 6.07) is 9.85. The van der Waals surface area contributed by atoms with E-state index in [0.29, 0.717) is 18.4 Å². The van der Waals surface area contributed by atoms with Gasteiger partial charge >= 0.3 is 0 Å². The summed E-state index contributed by atoms with van der Waals surface area (Å²) >= 11 is 0. The molecule has 0 unspecified atom stereocenters. The zero-order valence-electron chi connectivity index (χ0n) is 12.9. The van der Waals surface area contributed by atoms with E-state index in [2.05, 4.69) is 30.8 Å². The molecule has 0 aliphatic carbocycles. The molecule has 3 aromatic rings. The van der Waals surface area contributed by atoms with Crippen LogP contribution in [-0.2, 0) is 4.74 Å². The van der Waals surface area contributed by atoms with Crippen molar-refractivity contribution in [3.8, 4) is 0 Å². The summed E-state index contributed by atoms with van der Waals surface area (Å²) in [6.07, 6.45) is 4.26. The number of nitrogens with one attached hydrogen (secondary N) is 2. The highest BCUT2D eigenvalue weighted by Crippen LogP contribution is 2.23. The van der Waals surface area contributed by atoms with Gasteiger partial charge in [0, 0.05) is 31.8 Å². The number of para-hydroxylation sites is 1. The van der Waals surface area contributed by atoms with Gasteiger partial charge in [-0.3, -0.25) is 4.98 Å². The van der Waals surface area contributed by atoms with Crippen LogP contribution in [0, 0.1) is 0 Å². The van der Waals surface area contributed by atoms with Crippen molar-refractivity contribution in [1.29, 1.82) is 0 Å². The summed E-state index contributed by atoms with van der Waals surface area (Å²) < 4.78 is 5.02. The van der Waals surface area contributed by atoms with Crippen LogP contribution in [0.3, 0.4) is 0 Å². The fourth-order valence-corrected chi connectivity index (χ4v) is 2.20. The molecule has 0 bridgehead atoms. The first-order chi connectivity index (χ1) is 11.4. The summed E-state index contributed by atoms with van der Waals surface area (Å²) in [5, 5.41) is 15.4. The maximum atomic E-state index is 5.02. The molecule has 7 nitrogen and oxygen atoms in total. The molecular weight excluding hydrogens is 292 g/mol. The number of anilines is 3. The third kappa shape index (κ3) is 3.89. The molecule has 0 amide bonds. The Morgan fingerprint density at radius 2 is 2.09 bits per heavy atom. The Morgan fingerprint density at radius 1 is 1.17 bits per heavy atom. The van der Waals surface area contributed by atoms with Crippen LogP contribution in [0.5, 0.6) is 0 Å². The maximum Gasteiger partial charge on any atom is 0.249 e. The third-order valence-electron chi connectivity index (χ3n) is 3.27. The zero-order valence-corrected chi connectivity index (χ0v) is 12.9. The number of hydrogen-bond acceptors (Lipinski definition) is 7. The van der Waals surface area contributed by atoms with Gasteiger partial charge in [0.2, 0.25) is 5.95 Å². The molecule has 3 rings (SSSR count). The van der Waals surface area contributed by atoms with Crippen molar-refractivity contribution < 1.29 is 4.74 Å². The summed E-state index contributed by atoms with van der Waals surface area (Å²) in [7, 11) is 1.69. The van der Waals surface area contributed by atoms with E-state index in [1.165, 1.54) is 0 Å². The van der Waals surface area contributed by atoms with Crippen LogP contribution in [-0.4, -0.2) is 40.4 Å². The maximum absolute atomic E-state index is 5.02. The number of pyridine rings is 1. The molecule has 0 spiro atoms. The molecule has 7 heteroatoms. The smallest absolute Gasteiger partial charge is 0.249 e. The van der Waals surface area contributed by atoms with E-state index < -0.39 is 0 Å². The topological polar surface area (TPSA) is 84.9 Å². The summed E-state index contributed by atoms with van der Waals surface area (Å²) in [6.45, 7) is 1.47. The first-order valence-electron chi connectivity index (χ1n) is 7.40. The van der Waals surface area contributed by atoms with Crippen LogP contribution in [0.1, 0.15) is 6.42 Å². The normalized spacial score (nSPS) is 10.7. The highest BCUT2D eigenvalue weighted by atomic mass is 16.5. The van der Waals surface area contributed by atoms with Crippen LogP contribution < -0.4 is 10.6 Å². The van der Waals surface area contributed by atoms with Gasteiger partial charge in [0.15, 0.2) is 5.82 Å². The van der Waals surface area contributed by atoms with Crippen molar-refractivity contribution in [2.24, 2.45) is 0 Å². The summed E-state index contributed by atoms with van der Waals surface area (Å²) in [5.74, 6) is 1.10. The molecule has 1 aromatic carbocycles. The van der Waals surface area contributed by atoms with Crippen LogP contribution in [0.4, 0.5) is 17.5 Å². The number of benzene rings is 1. The van der Waals surface area contributed by atoms with Crippen molar-refractivity contribution in [2.75, 3.05) is 30.9 Å². The van der Waals surface area contributed by atoms with Gasteiger partial charge in [0.05, 0.1) is 17.4 Å². The number of nitrogens with zero attached hydrogens (tertiary/aromatic N) is 4. The zero-order chi connectivity index (χ0) is 15.9. The van der Waals surface area contributed by atoms with E-state index in [1.54, 1.807) is 19.5 Å². The molecule has 0 radical (unpaired) electrons. The lowest BCUT2D eigenvalue weighted by molar-refractivity contribution is 0.197. The van der Waals surface area contributed by atoms with Crippen LogP contribution in [0.25, 0.3) is 10.9 Å². The van der Waals surface area contributed by atoms with Crippen molar-refractivity contribution in [3.63, 3.8) is 0 Å². The fourth-order valence-electron chi connectivity index (χ4n) is 2.20. The van der Waals surface area contributed by atoms with Gasteiger partial charge < -0.3 is 15.4 Å². The van der Waals surface area contributed by atoms with Gasteiger partial charge in [-0.15, -0.1) is 5.10 Å². The van der Waals surface area contributed by atoms with Crippen LogP contribution >= 0.6 is 0 Å². The lowest BCUT2D eigenvalue weighted by Gasteiger charge is -2.09. The molecule has 118 valence electrons. The van der Waals surface area contributed by atoms with E-state index in [-0.39, 0.29) is 0 Å². The monoisotopic (exact) mass is 310 g/mol. The lowest BCUT2D eigenvalue weighted by atomic mass is 10.2. The first-order valence-corrected chi connectivity index (χ1v) is 7.40. The second-order valence-corrected chi connectivity index (χ2v) is 4.94. The molecule has 0 fully saturated rings.